The number of amides is 1. The molecule has 0 radical (unpaired) electrons. The van der Waals surface area contributed by atoms with Gasteiger partial charge in [-0.15, -0.1) is 11.6 Å². The van der Waals surface area contributed by atoms with Crippen molar-refractivity contribution in [3.05, 3.63) is 53.9 Å². The summed E-state index contributed by atoms with van der Waals surface area (Å²) in [6, 6.07) is 8.61. The lowest BCUT2D eigenvalue weighted by Crippen LogP contribution is -2.32. The molecule has 1 aromatic carbocycles. The van der Waals surface area contributed by atoms with Gasteiger partial charge in [0, 0.05) is 18.1 Å². The highest BCUT2D eigenvalue weighted by atomic mass is 35.5. The van der Waals surface area contributed by atoms with Crippen LogP contribution in [0.15, 0.2) is 42.7 Å². The molecule has 0 aliphatic rings. The number of carbonyl (C=O) groups is 1. The van der Waals surface area contributed by atoms with E-state index in [2.05, 4.69) is 4.98 Å². The topological polar surface area (TPSA) is 53.4 Å². The van der Waals surface area contributed by atoms with Crippen molar-refractivity contribution in [2.75, 3.05) is 10.8 Å². The summed E-state index contributed by atoms with van der Waals surface area (Å²) in [5, 5.41) is 9.47. The Hall–Kier alpha value is -2.07. The molecule has 0 aliphatic heterocycles. The molecule has 4 nitrogen and oxygen atoms in total. The van der Waals surface area contributed by atoms with Crippen LogP contribution < -0.4 is 4.90 Å². The summed E-state index contributed by atoms with van der Waals surface area (Å²) in [4.78, 5) is 17.7. The number of anilines is 1. The number of aromatic hydroxyl groups is 1. The number of rotatable bonds is 4. The maximum atomic E-state index is 12.1. The van der Waals surface area contributed by atoms with Crippen molar-refractivity contribution in [3.63, 3.8) is 0 Å². The van der Waals surface area contributed by atoms with E-state index in [1.54, 1.807) is 35.5 Å². The highest BCUT2D eigenvalue weighted by Crippen LogP contribution is 2.25. The molecule has 2 aromatic rings. The summed E-state index contributed by atoms with van der Waals surface area (Å²) < 4.78 is 0. The van der Waals surface area contributed by atoms with E-state index < -0.39 is 0 Å². The number of alkyl halides is 1. The summed E-state index contributed by atoms with van der Waals surface area (Å²) in [5.74, 6) is -0.115. The maximum absolute atomic E-state index is 12.1. The van der Waals surface area contributed by atoms with Gasteiger partial charge in [-0.25, -0.2) is 0 Å². The Bertz CT molecular complexity index is 602. The first-order chi connectivity index (χ1) is 9.61. The van der Waals surface area contributed by atoms with Gasteiger partial charge in [-0.2, -0.15) is 0 Å². The molecule has 104 valence electrons. The molecule has 1 aromatic heterocycles. The third kappa shape index (κ3) is 3.27. The number of aryl methyl sites for hydroxylation is 1. The van der Waals surface area contributed by atoms with Crippen molar-refractivity contribution >= 4 is 23.2 Å². The first-order valence-corrected chi connectivity index (χ1v) is 6.70. The monoisotopic (exact) mass is 290 g/mol. The number of phenols is 1. The molecule has 0 unspecified atom stereocenters. The number of benzene rings is 1. The minimum Gasteiger partial charge on any atom is -0.508 e. The average molecular weight is 291 g/mol. The first kappa shape index (κ1) is 14.3. The van der Waals surface area contributed by atoms with Crippen LogP contribution in [-0.2, 0) is 11.3 Å². The highest BCUT2D eigenvalue weighted by Gasteiger charge is 2.17. The second-order valence-corrected chi connectivity index (χ2v) is 4.71. The fourth-order valence-corrected chi connectivity index (χ4v) is 2.14. The zero-order valence-electron chi connectivity index (χ0n) is 11.1. The molecule has 1 amide bonds. The van der Waals surface area contributed by atoms with E-state index in [1.807, 2.05) is 19.1 Å². The van der Waals surface area contributed by atoms with Crippen LogP contribution in [-0.4, -0.2) is 21.9 Å². The zero-order valence-corrected chi connectivity index (χ0v) is 11.8. The number of hydrogen-bond donors (Lipinski definition) is 1. The van der Waals surface area contributed by atoms with Crippen molar-refractivity contribution in [1.29, 1.82) is 0 Å². The number of halogens is 1. The van der Waals surface area contributed by atoms with Crippen molar-refractivity contribution in [1.82, 2.24) is 4.98 Å². The Kier molecular flexibility index (Phi) is 4.58. The number of hydrogen-bond acceptors (Lipinski definition) is 3. The van der Waals surface area contributed by atoms with Crippen molar-refractivity contribution < 1.29 is 9.90 Å². The molecule has 5 heteroatoms. The molecule has 0 aliphatic carbocycles. The lowest BCUT2D eigenvalue weighted by Gasteiger charge is -2.24. The van der Waals surface area contributed by atoms with Crippen molar-refractivity contribution in [2.45, 2.75) is 13.5 Å². The van der Waals surface area contributed by atoms with Crippen LogP contribution in [0.5, 0.6) is 5.75 Å². The average Bonchev–Trinajstić information content (AvgIpc) is 2.46. The van der Waals surface area contributed by atoms with E-state index in [1.165, 1.54) is 0 Å². The van der Waals surface area contributed by atoms with Crippen LogP contribution in [0.25, 0.3) is 0 Å². The number of aromatic nitrogens is 1. The van der Waals surface area contributed by atoms with E-state index >= 15 is 0 Å². The number of carbonyl (C=O) groups excluding carboxylic acids is 1. The molecule has 2 rings (SSSR count). The molecule has 0 bridgehead atoms. The molecule has 0 fully saturated rings. The fourth-order valence-electron chi connectivity index (χ4n) is 2.00. The summed E-state index contributed by atoms with van der Waals surface area (Å²) in [5.41, 5.74) is 2.46. The predicted octanol–water partition coefficient (Wildman–Crippen LogP) is 2.87. The van der Waals surface area contributed by atoms with Crippen LogP contribution in [0.3, 0.4) is 0 Å². The van der Waals surface area contributed by atoms with Gasteiger partial charge in [0.1, 0.15) is 11.6 Å². The van der Waals surface area contributed by atoms with Gasteiger partial charge in [0.15, 0.2) is 0 Å². The third-order valence-electron chi connectivity index (χ3n) is 2.95. The summed E-state index contributed by atoms with van der Waals surface area (Å²) in [6.45, 7) is 2.23. The molecule has 0 spiro atoms. The van der Waals surface area contributed by atoms with E-state index in [0.29, 0.717) is 6.54 Å². The number of nitrogens with zero attached hydrogens (tertiary/aromatic N) is 2. The molecule has 0 saturated heterocycles. The Morgan fingerprint density at radius 2 is 2.20 bits per heavy atom. The largest absolute Gasteiger partial charge is 0.508 e. The quantitative estimate of drug-likeness (QED) is 0.881. The second kappa shape index (κ2) is 6.39. The van der Waals surface area contributed by atoms with Gasteiger partial charge in [0.2, 0.25) is 5.91 Å². The third-order valence-corrected chi connectivity index (χ3v) is 3.18. The van der Waals surface area contributed by atoms with E-state index in [9.17, 15) is 9.90 Å². The van der Waals surface area contributed by atoms with Gasteiger partial charge >= 0.3 is 0 Å². The normalized spacial score (nSPS) is 10.3. The second-order valence-electron chi connectivity index (χ2n) is 4.45. The van der Waals surface area contributed by atoms with Crippen LogP contribution in [0.1, 0.15) is 11.1 Å². The Balaban J connectivity index is 2.35. The highest BCUT2D eigenvalue weighted by molar-refractivity contribution is 6.29. The van der Waals surface area contributed by atoms with Crippen molar-refractivity contribution in [3.8, 4) is 5.75 Å². The smallest absolute Gasteiger partial charge is 0.242 e. The number of phenolic OH excluding ortho intramolecular Hbond substituents is 1. The van der Waals surface area contributed by atoms with Gasteiger partial charge in [0.05, 0.1) is 6.54 Å². The summed E-state index contributed by atoms with van der Waals surface area (Å²) in [6.07, 6.45) is 3.40. The van der Waals surface area contributed by atoms with E-state index in [0.717, 1.165) is 16.8 Å². The Labute approximate surface area is 122 Å². The predicted molar refractivity (Wildman–Crippen MR) is 79.0 cm³/mol. The Morgan fingerprint density at radius 1 is 1.40 bits per heavy atom. The van der Waals surface area contributed by atoms with Crippen LogP contribution in [0, 0.1) is 6.92 Å². The number of pyridine rings is 1. The summed E-state index contributed by atoms with van der Waals surface area (Å²) >= 11 is 5.69. The van der Waals surface area contributed by atoms with Gasteiger partial charge < -0.3 is 10.0 Å². The molecular formula is C15H15ClN2O2. The molecule has 0 atom stereocenters. The van der Waals surface area contributed by atoms with Crippen LogP contribution in [0.2, 0.25) is 0 Å². The van der Waals surface area contributed by atoms with Gasteiger partial charge in [-0.05, 0) is 42.3 Å². The van der Waals surface area contributed by atoms with E-state index in [4.69, 9.17) is 11.6 Å². The minimum atomic E-state index is -0.190. The maximum Gasteiger partial charge on any atom is 0.242 e. The molecule has 1 N–H and O–H groups in total. The molecule has 1 heterocycles. The van der Waals surface area contributed by atoms with Gasteiger partial charge in [-0.3, -0.25) is 9.78 Å². The van der Waals surface area contributed by atoms with Crippen LogP contribution >= 0.6 is 11.6 Å². The molecule has 0 saturated carbocycles. The molecule has 20 heavy (non-hydrogen) atoms. The van der Waals surface area contributed by atoms with Gasteiger partial charge in [0.25, 0.3) is 0 Å². The lowest BCUT2D eigenvalue weighted by molar-refractivity contribution is -0.116. The van der Waals surface area contributed by atoms with Crippen LogP contribution in [0.4, 0.5) is 5.69 Å². The Morgan fingerprint density at radius 3 is 2.80 bits per heavy atom. The summed E-state index contributed by atoms with van der Waals surface area (Å²) in [7, 11) is 0. The lowest BCUT2D eigenvalue weighted by atomic mass is 10.1. The zero-order chi connectivity index (χ0) is 14.5. The SMILES string of the molecule is Cc1cc(O)ccc1N(Cc1cccnc1)C(=O)CCl. The molecular weight excluding hydrogens is 276 g/mol. The van der Waals surface area contributed by atoms with Gasteiger partial charge in [-0.1, -0.05) is 6.07 Å². The van der Waals surface area contributed by atoms with Crippen molar-refractivity contribution in [2.24, 2.45) is 0 Å². The van der Waals surface area contributed by atoms with E-state index in [-0.39, 0.29) is 17.5 Å². The first-order valence-electron chi connectivity index (χ1n) is 6.16. The standard InChI is InChI=1S/C15H15ClN2O2/c1-11-7-13(19)4-5-14(11)18(15(20)8-16)10-12-3-2-6-17-9-12/h2-7,9,19H,8,10H2,1H3. The fraction of sp³-hybridized carbons (Fsp3) is 0.200. The minimum absolute atomic E-state index is 0.0966.